The third-order valence-electron chi connectivity index (χ3n) is 5.45. The van der Waals surface area contributed by atoms with Crippen molar-refractivity contribution in [2.45, 2.75) is 70.7 Å². The van der Waals surface area contributed by atoms with Gasteiger partial charge in [0, 0.05) is 42.6 Å². The fourth-order valence-corrected chi connectivity index (χ4v) is 4.63. The number of ether oxygens (including phenoxy) is 1. The molecule has 1 aromatic carbocycles. The molecule has 152 valence electrons. The second kappa shape index (κ2) is 8.10. The van der Waals surface area contributed by atoms with E-state index in [-0.39, 0.29) is 16.8 Å². The van der Waals surface area contributed by atoms with Gasteiger partial charge in [-0.2, -0.15) is 0 Å². The summed E-state index contributed by atoms with van der Waals surface area (Å²) in [5, 5.41) is 14.0. The molecule has 0 unspecified atom stereocenters. The van der Waals surface area contributed by atoms with Gasteiger partial charge in [0.25, 0.3) is 0 Å². The predicted molar refractivity (Wildman–Crippen MR) is 112 cm³/mol. The summed E-state index contributed by atoms with van der Waals surface area (Å²) in [5.41, 5.74) is 2.49. The number of aromatic hydroxyl groups is 1. The molecule has 2 aromatic rings. The van der Waals surface area contributed by atoms with Gasteiger partial charge in [-0.3, -0.25) is 9.88 Å². The minimum atomic E-state index is 0.0744. The molecule has 0 radical (unpaired) electrons. The number of methoxy groups -OCH3 is 1. The van der Waals surface area contributed by atoms with Crippen LogP contribution in [-0.2, 0) is 13.1 Å². The monoisotopic (exact) mass is 383 g/mol. The summed E-state index contributed by atoms with van der Waals surface area (Å²) in [6.45, 7) is 10.8. The highest BCUT2D eigenvalue weighted by Crippen LogP contribution is 2.34. The summed E-state index contributed by atoms with van der Waals surface area (Å²) >= 11 is 0. The number of phenols is 1. The van der Waals surface area contributed by atoms with Crippen LogP contribution in [0, 0.1) is 0 Å². The number of phenolic OH excluding ortho intramolecular Hbond substituents is 1. The lowest BCUT2D eigenvalue weighted by Gasteiger charge is -2.49. The quantitative estimate of drug-likeness (QED) is 0.786. The first-order chi connectivity index (χ1) is 13.2. The van der Waals surface area contributed by atoms with Crippen LogP contribution < -0.4 is 10.1 Å². The van der Waals surface area contributed by atoms with E-state index in [9.17, 15) is 5.11 Å². The van der Waals surface area contributed by atoms with Crippen LogP contribution in [0.25, 0.3) is 0 Å². The summed E-state index contributed by atoms with van der Waals surface area (Å²) in [6, 6.07) is 10.3. The number of hydrogen-bond acceptors (Lipinski definition) is 5. The van der Waals surface area contributed by atoms with Crippen molar-refractivity contribution in [1.29, 1.82) is 0 Å². The number of benzene rings is 1. The fourth-order valence-electron chi connectivity index (χ4n) is 4.63. The van der Waals surface area contributed by atoms with Crippen molar-refractivity contribution >= 4 is 0 Å². The molecule has 1 aromatic heterocycles. The summed E-state index contributed by atoms with van der Waals surface area (Å²) in [7, 11) is 1.57. The van der Waals surface area contributed by atoms with Crippen LogP contribution >= 0.6 is 0 Å². The molecule has 1 aliphatic heterocycles. The lowest BCUT2D eigenvalue weighted by Crippen LogP contribution is -2.62. The number of hydrogen-bond donors (Lipinski definition) is 2. The highest BCUT2D eigenvalue weighted by molar-refractivity contribution is 5.41. The molecule has 1 saturated heterocycles. The first-order valence-corrected chi connectivity index (χ1v) is 9.96. The molecule has 0 aliphatic carbocycles. The van der Waals surface area contributed by atoms with Gasteiger partial charge in [0.1, 0.15) is 0 Å². The Kier molecular flexibility index (Phi) is 5.96. The van der Waals surface area contributed by atoms with Crippen molar-refractivity contribution in [2.75, 3.05) is 7.11 Å². The maximum absolute atomic E-state index is 10.2. The average molecular weight is 384 g/mol. The van der Waals surface area contributed by atoms with Gasteiger partial charge in [0.15, 0.2) is 11.5 Å². The van der Waals surface area contributed by atoms with E-state index in [0.29, 0.717) is 11.8 Å². The SMILES string of the molecule is COc1ccc(CN(Cc2ccncc2)C2CC(C)(C)NC(C)(C)C2)cc1O. The molecular weight excluding hydrogens is 350 g/mol. The fraction of sp³-hybridized carbons (Fsp3) is 0.522. The van der Waals surface area contributed by atoms with Crippen molar-refractivity contribution in [3.63, 3.8) is 0 Å². The summed E-state index contributed by atoms with van der Waals surface area (Å²) in [4.78, 5) is 6.68. The largest absolute Gasteiger partial charge is 0.504 e. The molecule has 1 fully saturated rings. The van der Waals surface area contributed by atoms with E-state index < -0.39 is 0 Å². The Balaban J connectivity index is 1.87. The summed E-state index contributed by atoms with van der Waals surface area (Å²) in [5.74, 6) is 0.698. The lowest BCUT2D eigenvalue weighted by molar-refractivity contribution is 0.0563. The number of rotatable bonds is 6. The van der Waals surface area contributed by atoms with E-state index in [0.717, 1.165) is 31.5 Å². The Morgan fingerprint density at radius 1 is 1.04 bits per heavy atom. The van der Waals surface area contributed by atoms with Gasteiger partial charge in [-0.05, 0) is 75.9 Å². The number of aromatic nitrogens is 1. The van der Waals surface area contributed by atoms with Gasteiger partial charge in [-0.1, -0.05) is 6.07 Å². The number of nitrogens with one attached hydrogen (secondary N) is 1. The molecule has 0 spiro atoms. The predicted octanol–water partition coefficient (Wildman–Crippen LogP) is 4.11. The molecular formula is C23H33N3O2. The van der Waals surface area contributed by atoms with Crippen LogP contribution in [0.4, 0.5) is 0 Å². The smallest absolute Gasteiger partial charge is 0.160 e. The van der Waals surface area contributed by atoms with E-state index in [4.69, 9.17) is 4.74 Å². The Bertz CT molecular complexity index is 774. The normalized spacial score (nSPS) is 18.9. The molecule has 1 aliphatic rings. The maximum atomic E-state index is 10.2. The first kappa shape index (κ1) is 20.6. The molecule has 0 atom stereocenters. The van der Waals surface area contributed by atoms with E-state index in [1.807, 2.05) is 30.6 Å². The molecule has 5 nitrogen and oxygen atoms in total. The van der Waals surface area contributed by atoms with Gasteiger partial charge < -0.3 is 15.2 Å². The topological polar surface area (TPSA) is 57.6 Å². The number of pyridine rings is 1. The molecule has 0 bridgehead atoms. The summed E-state index contributed by atoms with van der Waals surface area (Å²) < 4.78 is 5.19. The van der Waals surface area contributed by atoms with Crippen LogP contribution in [-0.4, -0.2) is 39.2 Å². The van der Waals surface area contributed by atoms with Crippen LogP contribution in [0.1, 0.15) is 51.7 Å². The standard InChI is InChI=1S/C23H33N3O2/c1-22(2)13-19(14-23(3,4)25-22)26(15-17-8-10-24-11-9-17)16-18-6-7-21(28-5)20(27)12-18/h6-12,19,25,27H,13-16H2,1-5H3. The Morgan fingerprint density at radius 2 is 1.64 bits per heavy atom. The number of piperidine rings is 1. The molecule has 2 N–H and O–H groups in total. The molecule has 5 heteroatoms. The third-order valence-corrected chi connectivity index (χ3v) is 5.45. The average Bonchev–Trinajstić information content (AvgIpc) is 2.59. The van der Waals surface area contributed by atoms with E-state index in [1.54, 1.807) is 7.11 Å². The zero-order valence-corrected chi connectivity index (χ0v) is 17.7. The van der Waals surface area contributed by atoms with Gasteiger partial charge in [0.2, 0.25) is 0 Å². The zero-order chi connectivity index (χ0) is 20.4. The molecule has 0 saturated carbocycles. The molecule has 0 amide bonds. The second-order valence-corrected chi connectivity index (χ2v) is 9.22. The second-order valence-electron chi connectivity index (χ2n) is 9.22. The molecule has 3 rings (SSSR count). The Labute approximate surface area is 168 Å². The van der Waals surface area contributed by atoms with Crippen molar-refractivity contribution in [2.24, 2.45) is 0 Å². The highest BCUT2D eigenvalue weighted by atomic mass is 16.5. The van der Waals surface area contributed by atoms with E-state index in [2.05, 4.69) is 55.0 Å². The maximum Gasteiger partial charge on any atom is 0.160 e. The van der Waals surface area contributed by atoms with Gasteiger partial charge in [-0.25, -0.2) is 0 Å². The van der Waals surface area contributed by atoms with E-state index in [1.165, 1.54) is 5.56 Å². The number of nitrogens with zero attached hydrogens (tertiary/aromatic N) is 2. The third kappa shape index (κ3) is 5.24. The summed E-state index contributed by atoms with van der Waals surface area (Å²) in [6.07, 6.45) is 5.85. The van der Waals surface area contributed by atoms with Gasteiger partial charge in [0.05, 0.1) is 7.11 Å². The van der Waals surface area contributed by atoms with Crippen LogP contribution in [0.2, 0.25) is 0 Å². The zero-order valence-electron chi connectivity index (χ0n) is 17.7. The van der Waals surface area contributed by atoms with Gasteiger partial charge >= 0.3 is 0 Å². The van der Waals surface area contributed by atoms with Gasteiger partial charge in [-0.15, -0.1) is 0 Å². The van der Waals surface area contributed by atoms with Crippen LogP contribution in [0.5, 0.6) is 11.5 Å². The first-order valence-electron chi connectivity index (χ1n) is 9.96. The minimum Gasteiger partial charge on any atom is -0.504 e. The Morgan fingerprint density at radius 3 is 2.21 bits per heavy atom. The molecule has 28 heavy (non-hydrogen) atoms. The van der Waals surface area contributed by atoms with Crippen molar-refractivity contribution in [3.8, 4) is 11.5 Å². The molecule has 2 heterocycles. The van der Waals surface area contributed by atoms with Crippen molar-refractivity contribution in [3.05, 3.63) is 53.9 Å². The van der Waals surface area contributed by atoms with E-state index >= 15 is 0 Å². The van der Waals surface area contributed by atoms with Crippen molar-refractivity contribution < 1.29 is 9.84 Å². The van der Waals surface area contributed by atoms with Crippen LogP contribution in [0.3, 0.4) is 0 Å². The Hall–Kier alpha value is -2.11. The minimum absolute atomic E-state index is 0.0744. The highest BCUT2D eigenvalue weighted by Gasteiger charge is 2.39. The van der Waals surface area contributed by atoms with Crippen molar-refractivity contribution in [1.82, 2.24) is 15.2 Å². The van der Waals surface area contributed by atoms with Crippen LogP contribution in [0.15, 0.2) is 42.7 Å². The lowest BCUT2D eigenvalue weighted by atomic mass is 9.79.